The second-order valence-corrected chi connectivity index (χ2v) is 7.26. The quantitative estimate of drug-likeness (QED) is 0.379. The number of nitrogens with two attached hydrogens (primary N) is 1. The fourth-order valence-electron chi connectivity index (χ4n) is 2.85. The zero-order chi connectivity index (χ0) is 22.6. The fraction of sp³-hybridized carbons (Fsp3) is 0.348. The zero-order valence-electron chi connectivity index (χ0n) is 18.0. The molecule has 0 fully saturated rings. The Morgan fingerprint density at radius 1 is 1.03 bits per heavy atom. The molecule has 5 N–H and O–H groups in total. The molecule has 0 saturated heterocycles. The summed E-state index contributed by atoms with van der Waals surface area (Å²) in [5.41, 5.74) is 8.29. The van der Waals surface area contributed by atoms with Crippen molar-refractivity contribution in [2.45, 2.75) is 44.9 Å². The molecule has 0 aliphatic rings. The van der Waals surface area contributed by atoms with Crippen LogP contribution in [-0.2, 0) is 27.5 Å². The number of carbonyl (C=O) groups is 3. The summed E-state index contributed by atoms with van der Waals surface area (Å²) in [6, 6.07) is 15.7. The topological polar surface area (TPSA) is 131 Å². The molecule has 174 valence electrons. The molecule has 2 aromatic rings. The number of ether oxygens (including phenoxy) is 1. The highest BCUT2D eigenvalue weighted by Crippen LogP contribution is 2.16. The maximum atomic E-state index is 12.2. The third-order valence-electron chi connectivity index (χ3n) is 4.80. The molecule has 1 unspecified atom stereocenters. The van der Waals surface area contributed by atoms with Crippen molar-refractivity contribution >= 4 is 30.4 Å². The number of nitrogens with one attached hydrogen (secondary N) is 2. The van der Waals surface area contributed by atoms with Crippen molar-refractivity contribution in [3.05, 3.63) is 71.3 Å². The van der Waals surface area contributed by atoms with Gasteiger partial charge in [-0.1, -0.05) is 54.6 Å². The van der Waals surface area contributed by atoms with E-state index in [1.54, 1.807) is 25.1 Å². The van der Waals surface area contributed by atoms with Gasteiger partial charge in [0.15, 0.2) is 0 Å². The minimum atomic E-state index is -0.902. The van der Waals surface area contributed by atoms with Gasteiger partial charge in [0.05, 0.1) is 12.0 Å². The van der Waals surface area contributed by atoms with Gasteiger partial charge in [-0.15, -0.1) is 12.4 Å². The van der Waals surface area contributed by atoms with E-state index in [2.05, 4.69) is 10.6 Å². The number of carbonyl (C=O) groups excluding carboxylic acids is 2. The summed E-state index contributed by atoms with van der Waals surface area (Å²) in [6.45, 7) is 2.42. The van der Waals surface area contributed by atoms with E-state index in [1.165, 1.54) is 0 Å². The Morgan fingerprint density at radius 2 is 1.72 bits per heavy atom. The summed E-state index contributed by atoms with van der Waals surface area (Å²) < 4.78 is 5.11. The fourth-order valence-corrected chi connectivity index (χ4v) is 2.85. The van der Waals surface area contributed by atoms with Crippen molar-refractivity contribution in [3.8, 4) is 0 Å². The molecule has 9 heteroatoms. The van der Waals surface area contributed by atoms with E-state index >= 15 is 0 Å². The number of amides is 2. The van der Waals surface area contributed by atoms with Crippen LogP contribution in [0.5, 0.6) is 0 Å². The molecule has 2 atom stereocenters. The van der Waals surface area contributed by atoms with Gasteiger partial charge in [-0.25, -0.2) is 4.79 Å². The van der Waals surface area contributed by atoms with Crippen molar-refractivity contribution < 1.29 is 24.2 Å². The molecular weight excluding hydrogens is 434 g/mol. The number of carboxylic acids is 1. The Labute approximate surface area is 193 Å². The first-order valence-electron chi connectivity index (χ1n) is 10.2. The Balaban J connectivity index is 0.00000512. The summed E-state index contributed by atoms with van der Waals surface area (Å²) in [7, 11) is 0. The second-order valence-electron chi connectivity index (χ2n) is 7.26. The largest absolute Gasteiger partial charge is 0.481 e. The lowest BCUT2D eigenvalue weighted by molar-refractivity contribution is -0.138. The molecule has 2 rings (SSSR count). The van der Waals surface area contributed by atoms with Crippen molar-refractivity contribution in [3.63, 3.8) is 0 Å². The van der Waals surface area contributed by atoms with Crippen LogP contribution >= 0.6 is 12.4 Å². The molecule has 0 radical (unpaired) electrons. The molecule has 32 heavy (non-hydrogen) atoms. The number of hydrogen-bond donors (Lipinski definition) is 4. The average molecular weight is 464 g/mol. The maximum Gasteiger partial charge on any atom is 0.407 e. The Kier molecular flexibility index (Phi) is 11.8. The van der Waals surface area contributed by atoms with Crippen molar-refractivity contribution in [1.82, 2.24) is 10.6 Å². The lowest BCUT2D eigenvalue weighted by Crippen LogP contribution is -2.40. The van der Waals surface area contributed by atoms with Crippen LogP contribution in [0.25, 0.3) is 0 Å². The molecule has 0 bridgehead atoms. The summed E-state index contributed by atoms with van der Waals surface area (Å²) in [5.74, 6) is -1.83. The standard InChI is InChI=1S/C23H29N3O5.ClH/c1-16(22(28)29)19-10-5-9-18(13-19)14-26-21(27)20(24)11-6-12-25-23(30)31-15-17-7-3-2-4-8-17;/h2-5,7-10,13,16,20H,6,11-12,14-15,24H2,1H3,(H,25,30)(H,26,27)(H,28,29);1H/t16?,20-;/m0./s1. The van der Waals surface area contributed by atoms with Crippen LogP contribution in [-0.4, -0.2) is 35.7 Å². The lowest BCUT2D eigenvalue weighted by atomic mass is 9.99. The number of carboxylic acid groups (broad SMARTS) is 1. The molecule has 2 aromatic carbocycles. The first-order chi connectivity index (χ1) is 14.9. The van der Waals surface area contributed by atoms with E-state index in [0.29, 0.717) is 24.9 Å². The van der Waals surface area contributed by atoms with Gasteiger partial charge in [0.2, 0.25) is 5.91 Å². The predicted molar refractivity (Wildman–Crippen MR) is 123 cm³/mol. The van der Waals surface area contributed by atoms with Gasteiger partial charge in [0.25, 0.3) is 0 Å². The molecular formula is C23H30ClN3O5. The number of halogens is 1. The molecule has 0 spiro atoms. The smallest absolute Gasteiger partial charge is 0.407 e. The minimum absolute atomic E-state index is 0. The highest BCUT2D eigenvalue weighted by atomic mass is 35.5. The van der Waals surface area contributed by atoms with Crippen LogP contribution in [0.2, 0.25) is 0 Å². The summed E-state index contributed by atoms with van der Waals surface area (Å²) in [4.78, 5) is 35.0. The normalized spacial score (nSPS) is 12.1. The summed E-state index contributed by atoms with van der Waals surface area (Å²) in [6.07, 6.45) is 0.416. The van der Waals surface area contributed by atoms with Crippen molar-refractivity contribution in [2.75, 3.05) is 6.54 Å². The molecule has 0 aliphatic carbocycles. The highest BCUT2D eigenvalue weighted by Gasteiger charge is 2.15. The van der Waals surface area contributed by atoms with Gasteiger partial charge < -0.3 is 26.2 Å². The third kappa shape index (κ3) is 9.36. The Bertz CT molecular complexity index is 879. The summed E-state index contributed by atoms with van der Waals surface area (Å²) >= 11 is 0. The molecule has 0 aliphatic heterocycles. The number of hydrogen-bond acceptors (Lipinski definition) is 5. The van der Waals surface area contributed by atoms with E-state index in [1.807, 2.05) is 36.4 Å². The monoisotopic (exact) mass is 463 g/mol. The average Bonchev–Trinajstić information content (AvgIpc) is 2.79. The first-order valence-corrected chi connectivity index (χ1v) is 10.2. The number of rotatable bonds is 11. The SMILES string of the molecule is CC(C(=O)O)c1cccc(CNC(=O)[C@@H](N)CCCNC(=O)OCc2ccccc2)c1.Cl. The molecule has 0 saturated carbocycles. The minimum Gasteiger partial charge on any atom is -0.481 e. The van der Waals surface area contributed by atoms with E-state index in [9.17, 15) is 14.4 Å². The van der Waals surface area contributed by atoms with Gasteiger partial charge in [-0.2, -0.15) is 0 Å². The number of alkyl carbamates (subject to hydrolysis) is 1. The van der Waals surface area contributed by atoms with Crippen molar-refractivity contribution in [2.24, 2.45) is 5.73 Å². The summed E-state index contributed by atoms with van der Waals surface area (Å²) in [5, 5.41) is 14.5. The van der Waals surface area contributed by atoms with Gasteiger partial charge in [-0.05, 0) is 36.5 Å². The first kappa shape index (κ1) is 26.9. The van der Waals surface area contributed by atoms with Crippen LogP contribution in [0.1, 0.15) is 42.4 Å². The van der Waals surface area contributed by atoms with Gasteiger partial charge in [0.1, 0.15) is 6.61 Å². The third-order valence-corrected chi connectivity index (χ3v) is 4.80. The Hall–Kier alpha value is -3.10. The van der Waals surface area contributed by atoms with Crippen LogP contribution in [0.4, 0.5) is 4.79 Å². The molecule has 2 amide bonds. The lowest BCUT2D eigenvalue weighted by Gasteiger charge is -2.14. The maximum absolute atomic E-state index is 12.2. The van der Waals surface area contributed by atoms with Crippen LogP contribution in [0.3, 0.4) is 0 Å². The Morgan fingerprint density at radius 3 is 2.41 bits per heavy atom. The molecule has 0 aromatic heterocycles. The van der Waals surface area contributed by atoms with Crippen LogP contribution in [0, 0.1) is 0 Å². The second kappa shape index (κ2) is 14.1. The van der Waals surface area contributed by atoms with E-state index in [-0.39, 0.29) is 31.5 Å². The predicted octanol–water partition coefficient (Wildman–Crippen LogP) is 2.95. The highest BCUT2D eigenvalue weighted by molar-refractivity contribution is 5.85. The zero-order valence-corrected chi connectivity index (χ0v) is 18.8. The molecule has 0 heterocycles. The van der Waals surface area contributed by atoms with Crippen molar-refractivity contribution in [1.29, 1.82) is 0 Å². The van der Waals surface area contributed by atoms with Crippen LogP contribution in [0.15, 0.2) is 54.6 Å². The van der Waals surface area contributed by atoms with Crippen LogP contribution < -0.4 is 16.4 Å². The number of benzene rings is 2. The van der Waals surface area contributed by atoms with E-state index in [4.69, 9.17) is 15.6 Å². The van der Waals surface area contributed by atoms with E-state index < -0.39 is 24.0 Å². The molecule has 8 nitrogen and oxygen atoms in total. The van der Waals surface area contributed by atoms with Gasteiger partial charge in [-0.3, -0.25) is 9.59 Å². The number of aliphatic carboxylic acids is 1. The van der Waals surface area contributed by atoms with Gasteiger partial charge >= 0.3 is 12.1 Å². The van der Waals surface area contributed by atoms with E-state index in [0.717, 1.165) is 11.1 Å². The van der Waals surface area contributed by atoms with Gasteiger partial charge in [0, 0.05) is 13.1 Å².